The SMILES string of the molecule is CS(=O)(=O)c1ccccc1C(=O)Nc1cc2c(cc1C(=O)[O-])OCCO2. The highest BCUT2D eigenvalue weighted by atomic mass is 32.2. The Hall–Kier alpha value is -3.07. The number of nitrogens with one attached hydrogen (secondary N) is 1. The van der Waals surface area contributed by atoms with Gasteiger partial charge in [-0.1, -0.05) is 12.1 Å². The molecule has 0 atom stereocenters. The van der Waals surface area contributed by atoms with Crippen LogP contribution in [0, 0.1) is 0 Å². The largest absolute Gasteiger partial charge is 0.545 e. The van der Waals surface area contributed by atoms with E-state index in [1.165, 1.54) is 36.4 Å². The molecule has 1 aliphatic rings. The number of carboxylic acid groups (broad SMARTS) is 1. The average Bonchev–Trinajstić information content (AvgIpc) is 2.60. The predicted molar refractivity (Wildman–Crippen MR) is 89.3 cm³/mol. The molecule has 0 fully saturated rings. The van der Waals surface area contributed by atoms with Crippen LogP contribution in [-0.4, -0.2) is 39.8 Å². The van der Waals surface area contributed by atoms with Crippen LogP contribution in [0.2, 0.25) is 0 Å². The fraction of sp³-hybridized carbons (Fsp3) is 0.176. The van der Waals surface area contributed by atoms with E-state index in [9.17, 15) is 23.1 Å². The van der Waals surface area contributed by atoms with Crippen LogP contribution in [0.15, 0.2) is 41.3 Å². The number of amides is 1. The summed E-state index contributed by atoms with van der Waals surface area (Å²) in [4.78, 5) is 23.8. The topological polar surface area (TPSA) is 122 Å². The van der Waals surface area contributed by atoms with Crippen molar-refractivity contribution in [2.75, 3.05) is 24.8 Å². The lowest BCUT2D eigenvalue weighted by Crippen LogP contribution is -2.26. The Morgan fingerprint density at radius 3 is 2.27 bits per heavy atom. The van der Waals surface area contributed by atoms with Crippen molar-refractivity contribution in [3.8, 4) is 11.5 Å². The second-order valence-electron chi connectivity index (χ2n) is 5.55. The van der Waals surface area contributed by atoms with Crippen molar-refractivity contribution >= 4 is 27.4 Å². The van der Waals surface area contributed by atoms with Crippen LogP contribution in [0.3, 0.4) is 0 Å². The van der Waals surface area contributed by atoms with Crippen molar-refractivity contribution in [1.29, 1.82) is 0 Å². The zero-order valence-electron chi connectivity index (χ0n) is 13.6. The maximum absolute atomic E-state index is 12.6. The molecule has 0 bridgehead atoms. The summed E-state index contributed by atoms with van der Waals surface area (Å²) in [6.07, 6.45) is 0.982. The molecule has 26 heavy (non-hydrogen) atoms. The molecule has 1 heterocycles. The third-order valence-electron chi connectivity index (χ3n) is 3.68. The van der Waals surface area contributed by atoms with Gasteiger partial charge in [0.15, 0.2) is 21.3 Å². The minimum atomic E-state index is -3.65. The highest BCUT2D eigenvalue weighted by Gasteiger charge is 2.21. The summed E-state index contributed by atoms with van der Waals surface area (Å²) in [7, 11) is -3.65. The summed E-state index contributed by atoms with van der Waals surface area (Å²) in [6.45, 7) is 0.550. The van der Waals surface area contributed by atoms with Gasteiger partial charge in [0, 0.05) is 17.9 Å². The Balaban J connectivity index is 2.02. The molecule has 2 aromatic carbocycles. The smallest absolute Gasteiger partial charge is 0.257 e. The van der Waals surface area contributed by atoms with E-state index in [-0.39, 0.29) is 46.4 Å². The van der Waals surface area contributed by atoms with Crippen LogP contribution in [0.5, 0.6) is 11.5 Å². The Labute approximate surface area is 149 Å². The third-order valence-corrected chi connectivity index (χ3v) is 4.84. The van der Waals surface area contributed by atoms with Gasteiger partial charge in [-0.15, -0.1) is 0 Å². The van der Waals surface area contributed by atoms with Crippen molar-refractivity contribution in [3.05, 3.63) is 47.5 Å². The van der Waals surface area contributed by atoms with Crippen LogP contribution < -0.4 is 19.9 Å². The normalized spacial score (nSPS) is 13.1. The lowest BCUT2D eigenvalue weighted by Gasteiger charge is -2.22. The van der Waals surface area contributed by atoms with Crippen LogP contribution in [0.25, 0.3) is 0 Å². The summed E-state index contributed by atoms with van der Waals surface area (Å²) < 4.78 is 34.4. The lowest BCUT2D eigenvalue weighted by atomic mass is 10.1. The van der Waals surface area contributed by atoms with Gasteiger partial charge in [0.1, 0.15) is 13.2 Å². The fourth-order valence-electron chi connectivity index (χ4n) is 2.53. The van der Waals surface area contributed by atoms with Crippen LogP contribution in [0.1, 0.15) is 20.7 Å². The van der Waals surface area contributed by atoms with Gasteiger partial charge in [0.2, 0.25) is 0 Å². The molecule has 0 spiro atoms. The molecule has 0 saturated heterocycles. The number of sulfone groups is 1. The standard InChI is InChI=1S/C17H15NO7S/c1-26(22,23)15-5-3-2-4-10(15)16(19)18-12-9-14-13(24-6-7-25-14)8-11(12)17(20)21/h2-5,8-9H,6-7H2,1H3,(H,18,19)(H,20,21)/p-1. The molecule has 0 unspecified atom stereocenters. The lowest BCUT2D eigenvalue weighted by molar-refractivity contribution is -0.254. The molecule has 9 heteroatoms. The maximum atomic E-state index is 12.6. The van der Waals surface area contributed by atoms with Crippen molar-refractivity contribution in [3.63, 3.8) is 0 Å². The van der Waals surface area contributed by atoms with Gasteiger partial charge >= 0.3 is 0 Å². The number of benzene rings is 2. The number of aromatic carboxylic acids is 1. The number of carboxylic acids is 1. The average molecular weight is 376 g/mol. The Bertz CT molecular complexity index is 998. The van der Waals surface area contributed by atoms with Crippen molar-refractivity contribution in [2.24, 2.45) is 0 Å². The Morgan fingerprint density at radius 2 is 1.65 bits per heavy atom. The highest BCUT2D eigenvalue weighted by molar-refractivity contribution is 7.90. The van der Waals surface area contributed by atoms with E-state index >= 15 is 0 Å². The second kappa shape index (κ2) is 6.68. The zero-order valence-corrected chi connectivity index (χ0v) is 14.5. The van der Waals surface area contributed by atoms with Gasteiger partial charge < -0.3 is 24.7 Å². The van der Waals surface area contributed by atoms with Gasteiger partial charge in [0.25, 0.3) is 5.91 Å². The van der Waals surface area contributed by atoms with E-state index in [0.717, 1.165) is 6.26 Å². The van der Waals surface area contributed by atoms with Gasteiger partial charge in [-0.3, -0.25) is 4.79 Å². The minimum absolute atomic E-state index is 0.0810. The molecule has 0 radical (unpaired) electrons. The highest BCUT2D eigenvalue weighted by Crippen LogP contribution is 2.35. The van der Waals surface area contributed by atoms with Crippen molar-refractivity contribution in [1.82, 2.24) is 0 Å². The number of anilines is 1. The first-order chi connectivity index (χ1) is 12.3. The molecule has 1 aliphatic heterocycles. The first-order valence-corrected chi connectivity index (χ1v) is 9.42. The van der Waals surface area contributed by atoms with E-state index in [1.54, 1.807) is 0 Å². The van der Waals surface area contributed by atoms with Crippen LogP contribution >= 0.6 is 0 Å². The van der Waals surface area contributed by atoms with Gasteiger partial charge in [0.05, 0.1) is 22.1 Å². The van der Waals surface area contributed by atoms with E-state index in [2.05, 4.69) is 5.32 Å². The third kappa shape index (κ3) is 3.47. The molecule has 0 aromatic heterocycles. The molecule has 1 N–H and O–H groups in total. The molecule has 3 rings (SSSR count). The van der Waals surface area contributed by atoms with Gasteiger partial charge in [-0.05, 0) is 18.2 Å². The maximum Gasteiger partial charge on any atom is 0.257 e. The van der Waals surface area contributed by atoms with Crippen molar-refractivity contribution in [2.45, 2.75) is 4.90 Å². The quantitative estimate of drug-likeness (QED) is 0.823. The number of carbonyl (C=O) groups excluding carboxylic acids is 2. The first-order valence-electron chi connectivity index (χ1n) is 7.53. The van der Waals surface area contributed by atoms with E-state index in [4.69, 9.17) is 9.47 Å². The Morgan fingerprint density at radius 1 is 1.04 bits per heavy atom. The number of rotatable bonds is 4. The monoisotopic (exact) mass is 376 g/mol. The van der Waals surface area contributed by atoms with Gasteiger partial charge in [-0.2, -0.15) is 0 Å². The molecule has 0 aliphatic carbocycles. The summed E-state index contributed by atoms with van der Waals surface area (Å²) in [5.41, 5.74) is -0.490. The fourth-order valence-corrected chi connectivity index (χ4v) is 3.41. The number of ether oxygens (including phenoxy) is 2. The summed E-state index contributed by atoms with van der Waals surface area (Å²) in [6, 6.07) is 8.13. The summed E-state index contributed by atoms with van der Waals surface area (Å²) in [5, 5.41) is 13.8. The Kier molecular flexibility index (Phi) is 4.56. The predicted octanol–water partition coefficient (Wildman–Crippen LogP) is 0.477. The molecule has 2 aromatic rings. The van der Waals surface area contributed by atoms with E-state index in [1.807, 2.05) is 0 Å². The molecule has 1 amide bonds. The zero-order chi connectivity index (χ0) is 18.9. The van der Waals surface area contributed by atoms with Crippen molar-refractivity contribution < 1.29 is 32.6 Å². The summed E-state index contributed by atoms with van der Waals surface area (Å²) in [5.74, 6) is -1.79. The molecular weight excluding hydrogens is 362 g/mol. The number of hydrogen-bond donors (Lipinski definition) is 1. The van der Waals surface area contributed by atoms with E-state index in [0.29, 0.717) is 0 Å². The molecule has 136 valence electrons. The second-order valence-corrected chi connectivity index (χ2v) is 7.54. The number of fused-ring (bicyclic) bond motifs is 1. The number of hydrogen-bond acceptors (Lipinski definition) is 7. The van der Waals surface area contributed by atoms with E-state index < -0.39 is 21.7 Å². The molecule has 8 nitrogen and oxygen atoms in total. The first kappa shape index (κ1) is 17.7. The molecule has 0 saturated carbocycles. The minimum Gasteiger partial charge on any atom is -0.545 e. The molecular formula is C17H14NO7S-. The summed E-state index contributed by atoms with van der Waals surface area (Å²) >= 11 is 0. The van der Waals surface area contributed by atoms with Gasteiger partial charge in [-0.25, -0.2) is 8.42 Å². The number of carbonyl (C=O) groups is 2. The van der Waals surface area contributed by atoms with Crippen LogP contribution in [0.4, 0.5) is 5.69 Å². The van der Waals surface area contributed by atoms with Crippen LogP contribution in [-0.2, 0) is 9.84 Å².